The van der Waals surface area contributed by atoms with E-state index in [4.69, 9.17) is 4.74 Å². The minimum Gasteiger partial charge on any atom is -0.494 e. The van der Waals surface area contributed by atoms with E-state index in [0.29, 0.717) is 0 Å². The third kappa shape index (κ3) is 7.31. The van der Waals surface area contributed by atoms with Crippen molar-refractivity contribution in [3.05, 3.63) is 42.0 Å². The first kappa shape index (κ1) is 18.7. The van der Waals surface area contributed by atoms with Crippen molar-refractivity contribution in [2.24, 2.45) is 0 Å². The highest BCUT2D eigenvalue weighted by atomic mass is 16.5. The van der Waals surface area contributed by atoms with Crippen molar-refractivity contribution in [3.63, 3.8) is 0 Å². The highest BCUT2D eigenvalue weighted by Gasteiger charge is 2.09. The third-order valence-corrected chi connectivity index (χ3v) is 2.65. The number of rotatable bonds is 5. The van der Waals surface area contributed by atoms with Gasteiger partial charge in [0, 0.05) is 13.1 Å². The van der Waals surface area contributed by atoms with Gasteiger partial charge in [0.05, 0.1) is 6.61 Å². The number of hydrogen-bond acceptors (Lipinski definition) is 3. The summed E-state index contributed by atoms with van der Waals surface area (Å²) in [4.78, 5) is 0. The molecule has 3 nitrogen and oxygen atoms in total. The SMILES string of the molecule is C=CC.CC.CNCCCOc1ccc2c(c1)CNC2. The van der Waals surface area contributed by atoms with E-state index < -0.39 is 0 Å². The van der Waals surface area contributed by atoms with Gasteiger partial charge in [-0.3, -0.25) is 0 Å². The molecule has 1 aliphatic heterocycles. The number of fused-ring (bicyclic) bond motifs is 1. The Morgan fingerprint density at radius 3 is 2.60 bits per heavy atom. The zero-order chi connectivity index (χ0) is 15.2. The molecule has 1 heterocycles. The molecule has 0 saturated carbocycles. The largest absolute Gasteiger partial charge is 0.494 e. The van der Waals surface area contributed by atoms with Crippen LogP contribution in [0.15, 0.2) is 30.9 Å². The number of allylic oxidation sites excluding steroid dienone is 1. The molecule has 0 radical (unpaired) electrons. The fourth-order valence-corrected chi connectivity index (χ4v) is 1.80. The summed E-state index contributed by atoms with van der Waals surface area (Å²) in [7, 11) is 1.96. The fourth-order valence-electron chi connectivity index (χ4n) is 1.80. The quantitative estimate of drug-likeness (QED) is 0.639. The summed E-state index contributed by atoms with van der Waals surface area (Å²) >= 11 is 0. The molecule has 3 heteroatoms. The fraction of sp³-hybridized carbons (Fsp3) is 0.529. The van der Waals surface area contributed by atoms with Gasteiger partial charge in [-0.2, -0.15) is 0 Å². The molecule has 114 valence electrons. The van der Waals surface area contributed by atoms with Gasteiger partial charge in [0.15, 0.2) is 0 Å². The smallest absolute Gasteiger partial charge is 0.119 e. The van der Waals surface area contributed by atoms with Gasteiger partial charge < -0.3 is 15.4 Å². The molecular formula is C17H30N2O. The first-order valence-corrected chi connectivity index (χ1v) is 7.48. The van der Waals surface area contributed by atoms with Crippen LogP contribution in [0.2, 0.25) is 0 Å². The molecule has 0 atom stereocenters. The van der Waals surface area contributed by atoms with Gasteiger partial charge in [0.1, 0.15) is 5.75 Å². The Kier molecular flexibility index (Phi) is 11.9. The minimum atomic E-state index is 0.785. The van der Waals surface area contributed by atoms with Crippen LogP contribution in [0.5, 0.6) is 5.75 Å². The lowest BCUT2D eigenvalue weighted by atomic mass is 10.1. The monoisotopic (exact) mass is 278 g/mol. The van der Waals surface area contributed by atoms with Gasteiger partial charge in [-0.05, 0) is 50.2 Å². The van der Waals surface area contributed by atoms with E-state index in [1.807, 2.05) is 27.8 Å². The Labute approximate surface area is 124 Å². The summed E-state index contributed by atoms with van der Waals surface area (Å²) in [5.41, 5.74) is 2.78. The van der Waals surface area contributed by atoms with Crippen molar-refractivity contribution in [2.45, 2.75) is 40.3 Å². The second kappa shape index (κ2) is 12.7. The molecule has 1 aromatic rings. The standard InChI is InChI=1S/C12H18N2O.C3H6.C2H6/c1-13-5-2-6-15-12-4-3-10-8-14-9-11(10)7-12;1-3-2;1-2/h3-4,7,13-14H,2,5-6,8-9H2,1H3;3H,1H2,2H3;1-2H3. The molecule has 0 spiro atoms. The van der Waals surface area contributed by atoms with Gasteiger partial charge >= 0.3 is 0 Å². The van der Waals surface area contributed by atoms with E-state index in [1.54, 1.807) is 6.08 Å². The van der Waals surface area contributed by atoms with Gasteiger partial charge in [0.25, 0.3) is 0 Å². The predicted octanol–water partition coefficient (Wildman–Crippen LogP) is 3.50. The molecule has 1 aromatic carbocycles. The molecule has 1 aliphatic rings. The van der Waals surface area contributed by atoms with Crippen LogP contribution in [-0.4, -0.2) is 20.2 Å². The molecular weight excluding hydrogens is 248 g/mol. The molecule has 0 amide bonds. The molecule has 2 N–H and O–H groups in total. The van der Waals surface area contributed by atoms with Crippen molar-refractivity contribution >= 4 is 0 Å². The van der Waals surface area contributed by atoms with Crippen LogP contribution in [0.25, 0.3) is 0 Å². The molecule has 0 saturated heterocycles. The van der Waals surface area contributed by atoms with Crippen molar-refractivity contribution in [1.82, 2.24) is 10.6 Å². The summed E-state index contributed by atoms with van der Waals surface area (Å²) in [5.74, 6) is 0.994. The summed E-state index contributed by atoms with van der Waals surface area (Å²) in [5, 5.41) is 6.43. The number of hydrogen-bond donors (Lipinski definition) is 2. The highest BCUT2D eigenvalue weighted by molar-refractivity contribution is 5.37. The predicted molar refractivity (Wildman–Crippen MR) is 88.2 cm³/mol. The zero-order valence-electron chi connectivity index (χ0n) is 13.5. The van der Waals surface area contributed by atoms with Gasteiger partial charge in [0.2, 0.25) is 0 Å². The Hall–Kier alpha value is -1.32. The van der Waals surface area contributed by atoms with E-state index in [2.05, 4.69) is 35.4 Å². The molecule has 0 bridgehead atoms. The lowest BCUT2D eigenvalue weighted by molar-refractivity contribution is 0.309. The van der Waals surface area contributed by atoms with E-state index >= 15 is 0 Å². The van der Waals surface area contributed by atoms with Crippen molar-refractivity contribution in [2.75, 3.05) is 20.2 Å². The zero-order valence-corrected chi connectivity index (χ0v) is 13.5. The van der Waals surface area contributed by atoms with E-state index in [0.717, 1.165) is 38.4 Å². The second-order valence-electron chi connectivity index (χ2n) is 4.25. The van der Waals surface area contributed by atoms with Gasteiger partial charge in [-0.25, -0.2) is 0 Å². The van der Waals surface area contributed by atoms with Crippen LogP contribution in [0, 0.1) is 0 Å². The lowest BCUT2D eigenvalue weighted by Gasteiger charge is -2.07. The molecule has 0 aliphatic carbocycles. The summed E-state index contributed by atoms with van der Waals surface area (Å²) in [6.45, 7) is 13.0. The molecule has 20 heavy (non-hydrogen) atoms. The minimum absolute atomic E-state index is 0.785. The maximum atomic E-state index is 5.67. The summed E-state index contributed by atoms with van der Waals surface area (Å²) in [6, 6.07) is 6.36. The Balaban J connectivity index is 0.000000641. The van der Waals surface area contributed by atoms with Crippen LogP contribution in [-0.2, 0) is 13.1 Å². The molecule has 2 rings (SSSR count). The summed E-state index contributed by atoms with van der Waals surface area (Å²) in [6.07, 6.45) is 2.80. The third-order valence-electron chi connectivity index (χ3n) is 2.65. The molecule has 0 fully saturated rings. The lowest BCUT2D eigenvalue weighted by Crippen LogP contribution is -2.11. The van der Waals surface area contributed by atoms with E-state index in [9.17, 15) is 0 Å². The normalized spacial score (nSPS) is 11.4. The average Bonchev–Trinajstić information content (AvgIpc) is 2.94. The summed E-state index contributed by atoms with van der Waals surface area (Å²) < 4.78 is 5.67. The van der Waals surface area contributed by atoms with E-state index in [1.165, 1.54) is 11.1 Å². The topological polar surface area (TPSA) is 33.3 Å². The Morgan fingerprint density at radius 2 is 1.95 bits per heavy atom. The number of ether oxygens (including phenoxy) is 1. The van der Waals surface area contributed by atoms with Crippen molar-refractivity contribution < 1.29 is 4.74 Å². The second-order valence-corrected chi connectivity index (χ2v) is 4.25. The number of benzene rings is 1. The van der Waals surface area contributed by atoms with Crippen molar-refractivity contribution in [1.29, 1.82) is 0 Å². The van der Waals surface area contributed by atoms with E-state index in [-0.39, 0.29) is 0 Å². The molecule has 0 aromatic heterocycles. The maximum Gasteiger partial charge on any atom is 0.119 e. The first-order chi connectivity index (χ1) is 9.81. The van der Waals surface area contributed by atoms with Crippen molar-refractivity contribution in [3.8, 4) is 5.75 Å². The average molecular weight is 278 g/mol. The van der Waals surface area contributed by atoms with Crippen LogP contribution in [0.4, 0.5) is 0 Å². The Morgan fingerprint density at radius 1 is 1.30 bits per heavy atom. The van der Waals surface area contributed by atoms with Gasteiger partial charge in [-0.15, -0.1) is 6.58 Å². The highest BCUT2D eigenvalue weighted by Crippen LogP contribution is 2.21. The van der Waals surface area contributed by atoms with Crippen LogP contribution >= 0.6 is 0 Å². The van der Waals surface area contributed by atoms with Gasteiger partial charge in [-0.1, -0.05) is 26.0 Å². The first-order valence-electron chi connectivity index (χ1n) is 7.48. The Bertz CT molecular complexity index is 364. The van der Waals surface area contributed by atoms with Crippen LogP contribution in [0.3, 0.4) is 0 Å². The van der Waals surface area contributed by atoms with Crippen LogP contribution < -0.4 is 15.4 Å². The van der Waals surface area contributed by atoms with Crippen LogP contribution in [0.1, 0.15) is 38.3 Å². The number of nitrogens with one attached hydrogen (secondary N) is 2. The maximum absolute atomic E-state index is 5.67. The molecule has 0 unspecified atom stereocenters.